The van der Waals surface area contributed by atoms with Crippen LogP contribution in [0, 0.1) is 0 Å². The zero-order chi connectivity index (χ0) is 16.0. The van der Waals surface area contributed by atoms with Crippen molar-refractivity contribution in [3.63, 3.8) is 0 Å². The molecule has 0 saturated heterocycles. The van der Waals surface area contributed by atoms with E-state index >= 15 is 0 Å². The fourth-order valence-corrected chi connectivity index (χ4v) is 2.32. The lowest BCUT2D eigenvalue weighted by molar-refractivity contribution is -0.142. The quantitative estimate of drug-likeness (QED) is 0.834. The summed E-state index contributed by atoms with van der Waals surface area (Å²) in [6.07, 6.45) is 0. The lowest BCUT2D eigenvalue weighted by Crippen LogP contribution is -2.50. The Morgan fingerprint density at radius 3 is 2.19 bits per heavy atom. The second kappa shape index (κ2) is 7.78. The van der Waals surface area contributed by atoms with Crippen LogP contribution < -0.4 is 5.32 Å². The molecule has 0 unspecified atom stereocenters. The van der Waals surface area contributed by atoms with Gasteiger partial charge in [0.1, 0.15) is 6.04 Å². The molecule has 0 bridgehead atoms. The summed E-state index contributed by atoms with van der Waals surface area (Å²) in [6.45, 7) is 6.57. The van der Waals surface area contributed by atoms with Gasteiger partial charge in [0.2, 0.25) is 11.8 Å². The maximum absolute atomic E-state index is 12.2. The number of aliphatic hydroxyl groups excluding tert-OH is 1. The summed E-state index contributed by atoms with van der Waals surface area (Å²) in [5, 5.41) is 12.5. The highest BCUT2D eigenvalue weighted by molar-refractivity contribution is 5.87. The molecule has 21 heavy (non-hydrogen) atoms. The number of carbonyl (C=O) groups excluding carboxylic acids is 2. The molecule has 5 nitrogen and oxygen atoms in total. The van der Waals surface area contributed by atoms with E-state index in [-0.39, 0.29) is 24.5 Å². The largest absolute Gasteiger partial charge is 0.394 e. The molecule has 116 valence electrons. The van der Waals surface area contributed by atoms with Gasteiger partial charge in [-0.15, -0.1) is 0 Å². The molecule has 0 aromatic heterocycles. The fraction of sp³-hybridized carbons (Fsp3) is 0.500. The number of aliphatic hydroxyl groups is 1. The van der Waals surface area contributed by atoms with Crippen molar-refractivity contribution in [3.05, 3.63) is 35.9 Å². The van der Waals surface area contributed by atoms with Crippen LogP contribution in [-0.4, -0.2) is 40.5 Å². The topological polar surface area (TPSA) is 69.6 Å². The van der Waals surface area contributed by atoms with Crippen LogP contribution in [0.1, 0.15) is 39.3 Å². The van der Waals surface area contributed by atoms with Crippen LogP contribution in [0.3, 0.4) is 0 Å². The Balaban J connectivity index is 3.04. The molecule has 2 atom stereocenters. The van der Waals surface area contributed by atoms with Crippen molar-refractivity contribution < 1.29 is 14.7 Å². The van der Waals surface area contributed by atoms with Crippen molar-refractivity contribution in [1.29, 1.82) is 0 Å². The molecule has 0 spiro atoms. The smallest absolute Gasteiger partial charge is 0.242 e. The summed E-state index contributed by atoms with van der Waals surface area (Å²) in [5.41, 5.74) is 0.805. The number of benzene rings is 1. The van der Waals surface area contributed by atoms with E-state index in [0.29, 0.717) is 0 Å². The van der Waals surface area contributed by atoms with Crippen molar-refractivity contribution in [3.8, 4) is 0 Å². The van der Waals surface area contributed by atoms with E-state index in [1.807, 2.05) is 44.2 Å². The molecule has 0 aliphatic rings. The highest BCUT2D eigenvalue weighted by Gasteiger charge is 2.31. The van der Waals surface area contributed by atoms with E-state index in [1.54, 1.807) is 6.92 Å². The first-order valence-corrected chi connectivity index (χ1v) is 7.13. The van der Waals surface area contributed by atoms with Gasteiger partial charge in [-0.25, -0.2) is 0 Å². The maximum Gasteiger partial charge on any atom is 0.242 e. The first kappa shape index (κ1) is 17.2. The molecule has 0 heterocycles. The van der Waals surface area contributed by atoms with Gasteiger partial charge >= 0.3 is 0 Å². The minimum absolute atomic E-state index is 0.00180. The van der Waals surface area contributed by atoms with Gasteiger partial charge in [-0.05, 0) is 26.3 Å². The monoisotopic (exact) mass is 292 g/mol. The van der Waals surface area contributed by atoms with E-state index < -0.39 is 12.1 Å². The van der Waals surface area contributed by atoms with Crippen LogP contribution in [0.5, 0.6) is 0 Å². The van der Waals surface area contributed by atoms with Gasteiger partial charge in [-0.2, -0.15) is 0 Å². The first-order chi connectivity index (χ1) is 9.88. The van der Waals surface area contributed by atoms with Crippen molar-refractivity contribution in [2.45, 2.75) is 45.8 Å². The molecule has 5 heteroatoms. The maximum atomic E-state index is 12.2. The first-order valence-electron chi connectivity index (χ1n) is 7.13. The Kier molecular flexibility index (Phi) is 6.37. The molecule has 1 aromatic carbocycles. The Labute approximate surface area is 126 Å². The third-order valence-electron chi connectivity index (χ3n) is 3.28. The molecule has 0 radical (unpaired) electrons. The highest BCUT2D eigenvalue weighted by atomic mass is 16.3. The minimum atomic E-state index is -0.651. The zero-order valence-corrected chi connectivity index (χ0v) is 13.0. The van der Waals surface area contributed by atoms with Crippen molar-refractivity contribution >= 4 is 11.8 Å². The molecule has 2 amide bonds. The van der Waals surface area contributed by atoms with Crippen molar-refractivity contribution in [1.82, 2.24) is 10.2 Å². The van der Waals surface area contributed by atoms with E-state index in [0.717, 1.165) is 5.56 Å². The molecular formula is C16H24N2O3. The summed E-state index contributed by atoms with van der Waals surface area (Å²) in [6, 6.07) is 8.04. The number of nitrogens with one attached hydrogen (secondary N) is 1. The van der Waals surface area contributed by atoms with Crippen LogP contribution in [0.2, 0.25) is 0 Å². The van der Waals surface area contributed by atoms with Crippen LogP contribution in [0.25, 0.3) is 0 Å². The van der Waals surface area contributed by atoms with E-state index in [2.05, 4.69) is 5.32 Å². The Morgan fingerprint density at radius 1 is 1.19 bits per heavy atom. The third kappa shape index (κ3) is 4.56. The van der Waals surface area contributed by atoms with Crippen LogP contribution >= 0.6 is 0 Å². The van der Waals surface area contributed by atoms with Gasteiger partial charge in [0.05, 0.1) is 12.6 Å². The normalized spacial score (nSPS) is 13.6. The zero-order valence-electron chi connectivity index (χ0n) is 13.0. The average Bonchev–Trinajstić information content (AvgIpc) is 2.43. The Morgan fingerprint density at radius 2 is 1.76 bits per heavy atom. The number of amides is 2. The number of carbonyl (C=O) groups is 2. The highest BCUT2D eigenvalue weighted by Crippen LogP contribution is 2.23. The number of hydrogen-bond acceptors (Lipinski definition) is 3. The summed E-state index contributed by atoms with van der Waals surface area (Å²) < 4.78 is 0. The molecule has 0 aliphatic carbocycles. The van der Waals surface area contributed by atoms with Crippen LogP contribution in [0.15, 0.2) is 30.3 Å². The Hall–Kier alpha value is -1.88. The predicted molar refractivity (Wildman–Crippen MR) is 81.5 cm³/mol. The Bertz CT molecular complexity index is 474. The molecule has 2 N–H and O–H groups in total. The molecule has 1 rings (SSSR count). The minimum Gasteiger partial charge on any atom is -0.394 e. The van der Waals surface area contributed by atoms with E-state index in [1.165, 1.54) is 11.8 Å². The van der Waals surface area contributed by atoms with Crippen LogP contribution in [0.4, 0.5) is 0 Å². The SMILES string of the molecule is CC(=O)N([C@@H](C)C(=O)NC(C)C)[C@@H](CO)c1ccccc1. The number of hydrogen-bond donors (Lipinski definition) is 2. The number of rotatable bonds is 6. The third-order valence-corrected chi connectivity index (χ3v) is 3.28. The number of nitrogens with zero attached hydrogens (tertiary/aromatic N) is 1. The van der Waals surface area contributed by atoms with Gasteiger partial charge in [0, 0.05) is 13.0 Å². The summed E-state index contributed by atoms with van der Waals surface area (Å²) in [5.74, 6) is -0.473. The van der Waals surface area contributed by atoms with Crippen molar-refractivity contribution in [2.24, 2.45) is 0 Å². The summed E-state index contributed by atoms with van der Waals surface area (Å²) in [7, 11) is 0. The van der Waals surface area contributed by atoms with Crippen molar-refractivity contribution in [2.75, 3.05) is 6.61 Å². The summed E-state index contributed by atoms with van der Waals surface area (Å²) >= 11 is 0. The predicted octanol–water partition coefficient (Wildman–Crippen LogP) is 1.48. The van der Waals surface area contributed by atoms with Crippen LogP contribution in [-0.2, 0) is 9.59 Å². The van der Waals surface area contributed by atoms with Gasteiger partial charge < -0.3 is 15.3 Å². The summed E-state index contributed by atoms with van der Waals surface area (Å²) in [4.78, 5) is 25.6. The molecule has 0 saturated carbocycles. The molecule has 0 aliphatic heterocycles. The molecule has 0 fully saturated rings. The van der Waals surface area contributed by atoms with E-state index in [9.17, 15) is 14.7 Å². The molecule has 1 aromatic rings. The van der Waals surface area contributed by atoms with Gasteiger partial charge in [-0.1, -0.05) is 30.3 Å². The average molecular weight is 292 g/mol. The standard InChI is InChI=1S/C16H24N2O3/c1-11(2)17-16(21)12(3)18(13(4)20)15(10-19)14-8-6-5-7-9-14/h5-9,11-12,15,19H,10H2,1-4H3,(H,17,21)/t12-,15-/m0/s1. The van der Waals surface area contributed by atoms with Gasteiger partial charge in [0.15, 0.2) is 0 Å². The lowest BCUT2D eigenvalue weighted by atomic mass is 10.0. The lowest BCUT2D eigenvalue weighted by Gasteiger charge is -2.34. The second-order valence-electron chi connectivity index (χ2n) is 5.37. The molecular weight excluding hydrogens is 268 g/mol. The second-order valence-corrected chi connectivity index (χ2v) is 5.37. The van der Waals surface area contributed by atoms with Gasteiger partial charge in [-0.3, -0.25) is 9.59 Å². The fourth-order valence-electron chi connectivity index (χ4n) is 2.32. The van der Waals surface area contributed by atoms with E-state index in [4.69, 9.17) is 0 Å². The van der Waals surface area contributed by atoms with Gasteiger partial charge in [0.25, 0.3) is 0 Å².